The van der Waals surface area contributed by atoms with E-state index in [1.54, 1.807) is 31.4 Å². The average Bonchev–Trinajstić information content (AvgIpc) is 2.67. The normalized spacial score (nSPS) is 11.0. The van der Waals surface area contributed by atoms with Crippen molar-refractivity contribution < 1.29 is 19.0 Å². The highest BCUT2D eigenvalue weighted by molar-refractivity contribution is 14.1. The van der Waals surface area contributed by atoms with E-state index in [1.165, 1.54) is 6.08 Å². The van der Waals surface area contributed by atoms with Crippen LogP contribution >= 0.6 is 22.6 Å². The quantitative estimate of drug-likeness (QED) is 0.309. The predicted molar refractivity (Wildman–Crippen MR) is 121 cm³/mol. The summed E-state index contributed by atoms with van der Waals surface area (Å²) < 4.78 is 17.4. The van der Waals surface area contributed by atoms with E-state index in [0.29, 0.717) is 35.1 Å². The number of methoxy groups -OCH3 is 1. The van der Waals surface area contributed by atoms with Gasteiger partial charge in [-0.15, -0.1) is 0 Å². The molecule has 0 unspecified atom stereocenters. The number of halogens is 1. The Labute approximate surface area is 184 Å². The minimum atomic E-state index is -0.503. The fraction of sp³-hybridized carbons (Fsp3) is 0.273. The lowest BCUT2D eigenvalue weighted by Gasteiger charge is -2.13. The second kappa shape index (κ2) is 10.7. The Hall–Kier alpha value is -2.73. The molecule has 0 saturated heterocycles. The summed E-state index contributed by atoms with van der Waals surface area (Å²) in [5.74, 6) is 1.32. The number of nitrogens with zero attached hydrogens (tertiary/aromatic N) is 1. The van der Waals surface area contributed by atoms with Gasteiger partial charge < -0.3 is 19.5 Å². The molecule has 152 valence electrons. The molecule has 1 amide bonds. The monoisotopic (exact) mass is 506 g/mol. The molecule has 0 bridgehead atoms. The summed E-state index contributed by atoms with van der Waals surface area (Å²) in [4.78, 5) is 12.6. The molecule has 0 heterocycles. The molecule has 7 heteroatoms. The minimum absolute atomic E-state index is 0.0210. The van der Waals surface area contributed by atoms with Crippen molar-refractivity contribution in [1.29, 1.82) is 5.26 Å². The predicted octanol–water partition coefficient (Wildman–Crippen LogP) is 5.03. The number of anilines is 1. The van der Waals surface area contributed by atoms with Crippen LogP contribution in [0.3, 0.4) is 0 Å². The number of amides is 1. The molecule has 0 saturated carbocycles. The van der Waals surface area contributed by atoms with Gasteiger partial charge in [0.15, 0.2) is 11.5 Å². The van der Waals surface area contributed by atoms with Crippen molar-refractivity contribution in [3.8, 4) is 23.3 Å². The highest BCUT2D eigenvalue weighted by atomic mass is 127. The number of hydrogen-bond donors (Lipinski definition) is 1. The van der Waals surface area contributed by atoms with E-state index in [2.05, 4.69) is 27.9 Å². The lowest BCUT2D eigenvalue weighted by atomic mass is 10.1. The molecule has 2 aromatic carbocycles. The van der Waals surface area contributed by atoms with Crippen molar-refractivity contribution in [3.63, 3.8) is 0 Å². The smallest absolute Gasteiger partial charge is 0.266 e. The second-order valence-corrected chi connectivity index (χ2v) is 7.45. The molecular formula is C22H23IN2O4. The third-order valence-corrected chi connectivity index (χ3v) is 4.48. The lowest BCUT2D eigenvalue weighted by Crippen LogP contribution is -2.14. The van der Waals surface area contributed by atoms with Crippen LogP contribution in [0.2, 0.25) is 0 Å². The number of carbonyl (C=O) groups excluding carboxylic acids is 1. The van der Waals surface area contributed by atoms with Crippen LogP contribution in [0.25, 0.3) is 6.08 Å². The molecule has 0 spiro atoms. The van der Waals surface area contributed by atoms with Crippen molar-refractivity contribution in [3.05, 3.63) is 51.1 Å². The van der Waals surface area contributed by atoms with Gasteiger partial charge in [0.2, 0.25) is 0 Å². The number of hydrogen-bond acceptors (Lipinski definition) is 5. The summed E-state index contributed by atoms with van der Waals surface area (Å²) >= 11 is 2.13. The van der Waals surface area contributed by atoms with Crippen LogP contribution < -0.4 is 19.5 Å². The van der Waals surface area contributed by atoms with E-state index < -0.39 is 5.91 Å². The van der Waals surface area contributed by atoms with Crippen LogP contribution in [0.15, 0.2) is 42.0 Å². The summed E-state index contributed by atoms with van der Waals surface area (Å²) in [5.41, 5.74) is 1.19. The highest BCUT2D eigenvalue weighted by Gasteiger charge is 2.14. The van der Waals surface area contributed by atoms with Gasteiger partial charge in [-0.25, -0.2) is 0 Å². The van der Waals surface area contributed by atoms with Gasteiger partial charge in [0.1, 0.15) is 17.4 Å². The van der Waals surface area contributed by atoms with Crippen LogP contribution in [0.1, 0.15) is 26.3 Å². The summed E-state index contributed by atoms with van der Waals surface area (Å²) in [6.45, 7) is 6.25. The molecule has 0 aliphatic rings. The van der Waals surface area contributed by atoms with Gasteiger partial charge in [0, 0.05) is 11.8 Å². The maximum Gasteiger partial charge on any atom is 0.266 e. The van der Waals surface area contributed by atoms with Gasteiger partial charge in [-0.05, 0) is 79.3 Å². The summed E-state index contributed by atoms with van der Waals surface area (Å²) in [6, 6.07) is 12.6. The Morgan fingerprint density at radius 2 is 2.07 bits per heavy atom. The van der Waals surface area contributed by atoms with Crippen molar-refractivity contribution in [1.82, 2.24) is 0 Å². The maximum absolute atomic E-state index is 12.6. The number of nitriles is 1. The molecule has 0 atom stereocenters. The Morgan fingerprint density at radius 3 is 2.69 bits per heavy atom. The van der Waals surface area contributed by atoms with E-state index in [0.717, 1.165) is 3.57 Å². The van der Waals surface area contributed by atoms with Gasteiger partial charge in [0.25, 0.3) is 5.91 Å². The van der Waals surface area contributed by atoms with Crippen molar-refractivity contribution in [2.24, 2.45) is 0 Å². The molecule has 1 N–H and O–H groups in total. The van der Waals surface area contributed by atoms with Gasteiger partial charge in [0.05, 0.1) is 23.4 Å². The average molecular weight is 506 g/mol. The Morgan fingerprint density at radius 1 is 1.31 bits per heavy atom. The maximum atomic E-state index is 12.6. The number of nitrogens with one attached hydrogen (secondary N) is 1. The van der Waals surface area contributed by atoms with Crippen LogP contribution in [0.4, 0.5) is 5.69 Å². The van der Waals surface area contributed by atoms with Crippen molar-refractivity contribution in [2.75, 3.05) is 19.0 Å². The third-order valence-electron chi connectivity index (χ3n) is 3.68. The number of carbonyl (C=O) groups is 1. The number of rotatable bonds is 8. The van der Waals surface area contributed by atoms with Crippen LogP contribution in [-0.4, -0.2) is 25.7 Å². The largest absolute Gasteiger partial charge is 0.493 e. The van der Waals surface area contributed by atoms with E-state index in [4.69, 9.17) is 14.2 Å². The van der Waals surface area contributed by atoms with E-state index in [1.807, 2.05) is 39.0 Å². The summed E-state index contributed by atoms with van der Waals surface area (Å²) in [5, 5.41) is 12.2. The molecule has 0 aromatic heterocycles. The van der Waals surface area contributed by atoms with Gasteiger partial charge in [-0.1, -0.05) is 6.07 Å². The lowest BCUT2D eigenvalue weighted by molar-refractivity contribution is -0.112. The minimum Gasteiger partial charge on any atom is -0.493 e. The first-order chi connectivity index (χ1) is 13.9. The number of benzene rings is 2. The first-order valence-electron chi connectivity index (χ1n) is 9.08. The molecule has 0 fully saturated rings. The van der Waals surface area contributed by atoms with Crippen LogP contribution in [0, 0.1) is 14.9 Å². The fourth-order valence-electron chi connectivity index (χ4n) is 2.54. The van der Waals surface area contributed by atoms with Crippen LogP contribution in [0.5, 0.6) is 17.2 Å². The summed E-state index contributed by atoms with van der Waals surface area (Å²) in [6.07, 6.45) is 1.54. The molecule has 6 nitrogen and oxygen atoms in total. The molecule has 2 rings (SSSR count). The SMILES string of the molecule is CCOc1c(I)cc(/C=C(\C#N)C(=O)Nc2cccc(OC(C)C)c2)cc1OC. The molecule has 29 heavy (non-hydrogen) atoms. The molecule has 2 aromatic rings. The van der Waals surface area contributed by atoms with Gasteiger partial charge in [-0.2, -0.15) is 5.26 Å². The van der Waals surface area contributed by atoms with Gasteiger partial charge >= 0.3 is 0 Å². The first kappa shape index (κ1) is 22.6. The zero-order valence-electron chi connectivity index (χ0n) is 16.8. The molecule has 0 radical (unpaired) electrons. The Bertz CT molecular complexity index is 948. The molecule has 0 aliphatic carbocycles. The fourth-order valence-corrected chi connectivity index (χ4v) is 3.32. The van der Waals surface area contributed by atoms with E-state index >= 15 is 0 Å². The molecular weight excluding hydrogens is 483 g/mol. The second-order valence-electron chi connectivity index (χ2n) is 6.29. The first-order valence-corrected chi connectivity index (χ1v) is 10.2. The molecule has 0 aliphatic heterocycles. The van der Waals surface area contributed by atoms with Crippen molar-refractivity contribution >= 4 is 40.3 Å². The highest BCUT2D eigenvalue weighted by Crippen LogP contribution is 2.34. The number of ether oxygens (including phenoxy) is 3. The zero-order valence-corrected chi connectivity index (χ0v) is 18.9. The topological polar surface area (TPSA) is 80.6 Å². The van der Waals surface area contributed by atoms with Crippen molar-refractivity contribution in [2.45, 2.75) is 26.9 Å². The van der Waals surface area contributed by atoms with E-state index in [9.17, 15) is 10.1 Å². The Kier molecular flexibility index (Phi) is 8.34. The van der Waals surface area contributed by atoms with Crippen LogP contribution in [-0.2, 0) is 4.79 Å². The Balaban J connectivity index is 2.27. The third kappa shape index (κ3) is 6.39. The van der Waals surface area contributed by atoms with Gasteiger partial charge in [-0.3, -0.25) is 4.79 Å². The zero-order chi connectivity index (χ0) is 21.4. The summed E-state index contributed by atoms with van der Waals surface area (Å²) in [7, 11) is 1.55. The van der Waals surface area contributed by atoms with E-state index in [-0.39, 0.29) is 11.7 Å². The standard InChI is InChI=1S/C22H23IN2O4/c1-5-28-21-19(23)10-15(11-20(21)27-4)9-16(13-24)22(26)25-17-7-6-8-18(12-17)29-14(2)3/h6-12,14H,5H2,1-4H3,(H,25,26)/b16-9+.